The summed E-state index contributed by atoms with van der Waals surface area (Å²) in [5.74, 6) is -2.83. The fourth-order valence-electron chi connectivity index (χ4n) is 2.20. The Kier molecular flexibility index (Phi) is 3.95. The minimum absolute atomic E-state index is 0.0650. The van der Waals surface area contributed by atoms with E-state index in [0.29, 0.717) is 17.7 Å². The Hall–Kier alpha value is -3.30. The van der Waals surface area contributed by atoms with Crippen molar-refractivity contribution in [1.82, 2.24) is 20.0 Å². The van der Waals surface area contributed by atoms with Gasteiger partial charge in [-0.3, -0.25) is 0 Å². The first-order valence-electron chi connectivity index (χ1n) is 6.75. The SMILES string of the molecule is O=C(O)c1cc(-c2ccnnc2)n(-c2ccc(C(F)(F)F)c(F)c2)n1. The summed E-state index contributed by atoms with van der Waals surface area (Å²) in [5.41, 5.74) is -1.22. The van der Waals surface area contributed by atoms with Crippen LogP contribution in [0.3, 0.4) is 0 Å². The van der Waals surface area contributed by atoms with Gasteiger partial charge in [0.15, 0.2) is 5.69 Å². The smallest absolute Gasteiger partial charge is 0.419 e. The summed E-state index contributed by atoms with van der Waals surface area (Å²) in [6, 6.07) is 4.92. The Morgan fingerprint density at radius 1 is 1.12 bits per heavy atom. The molecule has 10 heteroatoms. The fourth-order valence-corrected chi connectivity index (χ4v) is 2.20. The molecule has 0 saturated carbocycles. The zero-order valence-electron chi connectivity index (χ0n) is 12.2. The molecule has 1 N–H and O–H groups in total. The largest absolute Gasteiger partial charge is 0.476 e. The van der Waals surface area contributed by atoms with Gasteiger partial charge < -0.3 is 5.11 Å². The summed E-state index contributed by atoms with van der Waals surface area (Å²) in [6.45, 7) is 0. The average Bonchev–Trinajstić information content (AvgIpc) is 3.00. The maximum absolute atomic E-state index is 13.8. The van der Waals surface area contributed by atoms with Crippen molar-refractivity contribution in [1.29, 1.82) is 0 Å². The molecule has 0 atom stereocenters. The zero-order chi connectivity index (χ0) is 18.2. The number of aromatic nitrogens is 4. The van der Waals surface area contributed by atoms with E-state index in [9.17, 15) is 22.4 Å². The van der Waals surface area contributed by atoms with Crippen molar-refractivity contribution >= 4 is 5.97 Å². The topological polar surface area (TPSA) is 80.9 Å². The average molecular weight is 352 g/mol. The van der Waals surface area contributed by atoms with Gasteiger partial charge in [0.2, 0.25) is 0 Å². The second-order valence-electron chi connectivity index (χ2n) is 4.92. The lowest BCUT2D eigenvalue weighted by Crippen LogP contribution is -2.09. The maximum atomic E-state index is 13.8. The molecule has 128 valence electrons. The fraction of sp³-hybridized carbons (Fsp3) is 0.0667. The number of alkyl halides is 3. The quantitative estimate of drug-likeness (QED) is 0.732. The molecule has 25 heavy (non-hydrogen) atoms. The second kappa shape index (κ2) is 5.96. The number of hydrogen-bond donors (Lipinski definition) is 1. The lowest BCUT2D eigenvalue weighted by Gasteiger charge is -2.11. The Bertz CT molecular complexity index is 938. The van der Waals surface area contributed by atoms with E-state index in [0.717, 1.165) is 10.7 Å². The predicted molar refractivity (Wildman–Crippen MR) is 76.5 cm³/mol. The van der Waals surface area contributed by atoms with Crippen molar-refractivity contribution in [3.05, 3.63) is 59.8 Å². The molecule has 0 spiro atoms. The van der Waals surface area contributed by atoms with Gasteiger partial charge in [0, 0.05) is 11.6 Å². The highest BCUT2D eigenvalue weighted by Gasteiger charge is 2.34. The molecular weight excluding hydrogens is 344 g/mol. The van der Waals surface area contributed by atoms with Crippen LogP contribution in [0.1, 0.15) is 16.1 Å². The van der Waals surface area contributed by atoms with Gasteiger partial charge in [-0.05, 0) is 24.3 Å². The van der Waals surface area contributed by atoms with Crippen LogP contribution in [0.5, 0.6) is 0 Å². The van der Waals surface area contributed by atoms with E-state index in [4.69, 9.17) is 5.11 Å². The van der Waals surface area contributed by atoms with Crippen LogP contribution in [0.2, 0.25) is 0 Å². The molecule has 0 saturated heterocycles. The van der Waals surface area contributed by atoms with Crippen molar-refractivity contribution in [2.75, 3.05) is 0 Å². The first-order chi connectivity index (χ1) is 11.8. The number of aromatic carboxylic acids is 1. The number of hydrogen-bond acceptors (Lipinski definition) is 4. The molecule has 3 rings (SSSR count). The minimum Gasteiger partial charge on any atom is -0.476 e. The molecule has 0 aliphatic carbocycles. The third-order valence-electron chi connectivity index (χ3n) is 3.31. The van der Waals surface area contributed by atoms with Crippen molar-refractivity contribution < 1.29 is 27.5 Å². The van der Waals surface area contributed by atoms with Gasteiger partial charge in [0.25, 0.3) is 0 Å². The molecule has 2 aromatic heterocycles. The van der Waals surface area contributed by atoms with Crippen molar-refractivity contribution in [3.63, 3.8) is 0 Å². The maximum Gasteiger partial charge on any atom is 0.419 e. The molecule has 0 bridgehead atoms. The van der Waals surface area contributed by atoms with E-state index in [1.807, 2.05) is 0 Å². The Morgan fingerprint density at radius 2 is 1.88 bits per heavy atom. The van der Waals surface area contributed by atoms with Crippen LogP contribution in [0, 0.1) is 5.82 Å². The van der Waals surface area contributed by atoms with Gasteiger partial charge in [0.1, 0.15) is 5.82 Å². The number of nitrogens with zero attached hydrogens (tertiary/aromatic N) is 4. The van der Waals surface area contributed by atoms with Crippen LogP contribution >= 0.6 is 0 Å². The standard InChI is InChI=1S/C15H8F4N4O2/c16-11-5-9(1-2-10(11)15(17,18)19)23-13(6-12(22-23)14(24)25)8-3-4-20-21-7-8/h1-7H,(H,24,25). The Labute approximate surface area is 137 Å². The molecule has 0 radical (unpaired) electrons. The van der Waals surface area contributed by atoms with Crippen molar-refractivity contribution in [2.45, 2.75) is 6.18 Å². The van der Waals surface area contributed by atoms with E-state index < -0.39 is 23.5 Å². The molecule has 1 aromatic carbocycles. The normalized spacial score (nSPS) is 11.5. The third kappa shape index (κ3) is 3.18. The third-order valence-corrected chi connectivity index (χ3v) is 3.31. The zero-order valence-corrected chi connectivity index (χ0v) is 12.2. The summed E-state index contributed by atoms with van der Waals surface area (Å²) < 4.78 is 52.9. The van der Waals surface area contributed by atoms with E-state index in [1.54, 1.807) is 0 Å². The number of carboxylic acid groups (broad SMARTS) is 1. The Morgan fingerprint density at radius 3 is 2.44 bits per heavy atom. The van der Waals surface area contributed by atoms with E-state index >= 15 is 0 Å². The first-order valence-corrected chi connectivity index (χ1v) is 6.75. The molecule has 3 aromatic rings. The van der Waals surface area contributed by atoms with Gasteiger partial charge in [0.05, 0.1) is 29.3 Å². The van der Waals surface area contributed by atoms with Crippen LogP contribution < -0.4 is 0 Å². The molecular formula is C15H8F4N4O2. The number of carboxylic acids is 1. The number of rotatable bonds is 3. The van der Waals surface area contributed by atoms with Gasteiger partial charge in [-0.25, -0.2) is 13.9 Å². The monoisotopic (exact) mass is 352 g/mol. The number of benzene rings is 1. The molecule has 2 heterocycles. The highest BCUT2D eigenvalue weighted by atomic mass is 19.4. The van der Waals surface area contributed by atoms with Crippen molar-refractivity contribution in [2.24, 2.45) is 0 Å². The van der Waals surface area contributed by atoms with Crippen molar-refractivity contribution in [3.8, 4) is 16.9 Å². The molecule has 6 nitrogen and oxygen atoms in total. The highest BCUT2D eigenvalue weighted by Crippen LogP contribution is 2.33. The number of halogens is 4. The van der Waals surface area contributed by atoms with Gasteiger partial charge >= 0.3 is 12.1 Å². The van der Waals surface area contributed by atoms with Crippen LogP contribution in [0.25, 0.3) is 16.9 Å². The van der Waals surface area contributed by atoms with Crippen LogP contribution in [-0.2, 0) is 6.18 Å². The summed E-state index contributed by atoms with van der Waals surface area (Å²) in [4.78, 5) is 11.2. The Balaban J connectivity index is 2.17. The summed E-state index contributed by atoms with van der Waals surface area (Å²) in [6.07, 6.45) is -2.17. The van der Waals surface area contributed by atoms with E-state index in [1.165, 1.54) is 24.5 Å². The van der Waals surface area contributed by atoms with Gasteiger partial charge in [-0.15, -0.1) is 0 Å². The van der Waals surface area contributed by atoms with E-state index in [2.05, 4.69) is 15.3 Å². The first kappa shape index (κ1) is 16.6. The van der Waals surface area contributed by atoms with Gasteiger partial charge in [-0.2, -0.15) is 28.5 Å². The molecule has 0 aliphatic heterocycles. The summed E-state index contributed by atoms with van der Waals surface area (Å²) in [5, 5.41) is 20.1. The molecule has 0 fully saturated rings. The van der Waals surface area contributed by atoms with Gasteiger partial charge in [-0.1, -0.05) is 0 Å². The number of carbonyl (C=O) groups is 1. The van der Waals surface area contributed by atoms with Crippen LogP contribution in [-0.4, -0.2) is 31.1 Å². The summed E-state index contributed by atoms with van der Waals surface area (Å²) in [7, 11) is 0. The second-order valence-corrected chi connectivity index (χ2v) is 4.92. The summed E-state index contributed by atoms with van der Waals surface area (Å²) >= 11 is 0. The van der Waals surface area contributed by atoms with Crippen LogP contribution in [0.4, 0.5) is 17.6 Å². The molecule has 0 unspecified atom stereocenters. The predicted octanol–water partition coefficient (Wildman–Crippen LogP) is 3.19. The lowest BCUT2D eigenvalue weighted by molar-refractivity contribution is -0.140. The van der Waals surface area contributed by atoms with Crippen LogP contribution in [0.15, 0.2) is 42.7 Å². The van der Waals surface area contributed by atoms with E-state index in [-0.39, 0.29) is 17.1 Å². The minimum atomic E-state index is -4.84. The highest BCUT2D eigenvalue weighted by molar-refractivity contribution is 5.87. The lowest BCUT2D eigenvalue weighted by atomic mass is 10.1. The molecule has 0 aliphatic rings. The molecule has 0 amide bonds.